The van der Waals surface area contributed by atoms with Crippen LogP contribution in [0, 0.1) is 17.3 Å². The Labute approximate surface area is 139 Å². The van der Waals surface area contributed by atoms with Crippen molar-refractivity contribution in [2.24, 2.45) is 17.3 Å². The molecule has 1 unspecified atom stereocenters. The SMILES string of the molecule is CC1(C(=O)N2CC[C@@H]3CNC[C@@H]3CC2)CCc2ccccc2C1. The van der Waals surface area contributed by atoms with Crippen molar-refractivity contribution in [1.29, 1.82) is 0 Å². The Morgan fingerprint density at radius 2 is 1.78 bits per heavy atom. The van der Waals surface area contributed by atoms with E-state index in [2.05, 4.69) is 41.4 Å². The standard InChI is InChI=1S/C20H28N2O/c1-20(9-6-15-4-2-3-5-16(15)12-20)19(23)22-10-7-17-13-21-14-18(17)8-11-22/h2-5,17-18,21H,6-14H2,1H3/t17-,18+,20?. The average Bonchev–Trinajstić information content (AvgIpc) is 2.93. The summed E-state index contributed by atoms with van der Waals surface area (Å²) in [4.78, 5) is 15.5. The van der Waals surface area contributed by atoms with E-state index in [1.807, 2.05) is 0 Å². The second kappa shape index (κ2) is 5.94. The van der Waals surface area contributed by atoms with Gasteiger partial charge < -0.3 is 10.2 Å². The molecule has 4 rings (SSSR count). The molecule has 1 aromatic carbocycles. The van der Waals surface area contributed by atoms with Crippen molar-refractivity contribution in [2.75, 3.05) is 26.2 Å². The lowest BCUT2D eigenvalue weighted by Crippen LogP contribution is -2.46. The second-order valence-electron chi connectivity index (χ2n) is 8.05. The van der Waals surface area contributed by atoms with Crippen molar-refractivity contribution in [2.45, 2.75) is 39.0 Å². The molecule has 3 aliphatic rings. The van der Waals surface area contributed by atoms with Crippen LogP contribution in [0.5, 0.6) is 0 Å². The van der Waals surface area contributed by atoms with E-state index in [0.717, 1.165) is 57.3 Å². The number of carbonyl (C=O) groups is 1. The molecule has 3 nitrogen and oxygen atoms in total. The molecular weight excluding hydrogens is 284 g/mol. The summed E-state index contributed by atoms with van der Waals surface area (Å²) in [5.41, 5.74) is 2.62. The Kier molecular flexibility index (Phi) is 3.92. The number of fused-ring (bicyclic) bond motifs is 2. The van der Waals surface area contributed by atoms with Gasteiger partial charge in [-0.25, -0.2) is 0 Å². The van der Waals surface area contributed by atoms with Gasteiger partial charge in [0.15, 0.2) is 0 Å². The molecule has 23 heavy (non-hydrogen) atoms. The third-order valence-electron chi connectivity index (χ3n) is 6.47. The van der Waals surface area contributed by atoms with Crippen molar-refractivity contribution in [3.63, 3.8) is 0 Å². The van der Waals surface area contributed by atoms with Gasteiger partial charge in [-0.2, -0.15) is 0 Å². The van der Waals surface area contributed by atoms with Crippen LogP contribution in [0.2, 0.25) is 0 Å². The molecule has 1 amide bonds. The highest BCUT2D eigenvalue weighted by Crippen LogP contribution is 2.38. The predicted octanol–water partition coefficient (Wildman–Crippen LogP) is 2.64. The van der Waals surface area contributed by atoms with Gasteiger partial charge in [-0.3, -0.25) is 4.79 Å². The largest absolute Gasteiger partial charge is 0.342 e. The van der Waals surface area contributed by atoms with Gasteiger partial charge in [0.1, 0.15) is 0 Å². The number of aryl methyl sites for hydroxylation is 1. The number of likely N-dealkylation sites (tertiary alicyclic amines) is 1. The van der Waals surface area contributed by atoms with E-state index < -0.39 is 0 Å². The zero-order valence-electron chi connectivity index (χ0n) is 14.2. The van der Waals surface area contributed by atoms with Crippen molar-refractivity contribution >= 4 is 5.91 Å². The van der Waals surface area contributed by atoms with E-state index in [1.54, 1.807) is 0 Å². The summed E-state index contributed by atoms with van der Waals surface area (Å²) in [7, 11) is 0. The summed E-state index contributed by atoms with van der Waals surface area (Å²) in [6, 6.07) is 8.65. The Hall–Kier alpha value is -1.35. The molecule has 0 spiro atoms. The van der Waals surface area contributed by atoms with Crippen LogP contribution in [0.15, 0.2) is 24.3 Å². The second-order valence-corrected chi connectivity index (χ2v) is 8.05. The minimum atomic E-state index is -0.202. The van der Waals surface area contributed by atoms with E-state index in [1.165, 1.54) is 24.0 Å². The van der Waals surface area contributed by atoms with E-state index >= 15 is 0 Å². The molecule has 0 saturated carbocycles. The minimum absolute atomic E-state index is 0.202. The first-order valence-corrected chi connectivity index (χ1v) is 9.23. The molecule has 1 aromatic rings. The number of nitrogens with zero attached hydrogens (tertiary/aromatic N) is 1. The zero-order chi connectivity index (χ0) is 15.9. The van der Waals surface area contributed by atoms with Crippen LogP contribution < -0.4 is 5.32 Å². The van der Waals surface area contributed by atoms with Crippen LogP contribution in [0.4, 0.5) is 0 Å². The Morgan fingerprint density at radius 3 is 2.48 bits per heavy atom. The summed E-state index contributed by atoms with van der Waals surface area (Å²) in [6.07, 6.45) is 5.30. The van der Waals surface area contributed by atoms with Gasteiger partial charge in [0.2, 0.25) is 5.91 Å². The first-order valence-electron chi connectivity index (χ1n) is 9.23. The maximum Gasteiger partial charge on any atom is 0.228 e. The molecule has 2 fully saturated rings. The van der Waals surface area contributed by atoms with Gasteiger partial charge in [0.05, 0.1) is 5.41 Å². The quantitative estimate of drug-likeness (QED) is 0.864. The van der Waals surface area contributed by atoms with Crippen LogP contribution in [-0.4, -0.2) is 37.0 Å². The fourth-order valence-corrected chi connectivity index (χ4v) is 4.88. The number of hydrogen-bond donors (Lipinski definition) is 1. The van der Waals surface area contributed by atoms with Gasteiger partial charge in [-0.15, -0.1) is 0 Å². The third-order valence-corrected chi connectivity index (χ3v) is 6.47. The van der Waals surface area contributed by atoms with Gasteiger partial charge >= 0.3 is 0 Å². The monoisotopic (exact) mass is 312 g/mol. The van der Waals surface area contributed by atoms with Crippen LogP contribution in [-0.2, 0) is 17.6 Å². The molecule has 3 heteroatoms. The Morgan fingerprint density at radius 1 is 1.13 bits per heavy atom. The normalized spacial score (nSPS) is 33.7. The van der Waals surface area contributed by atoms with Crippen molar-refractivity contribution in [1.82, 2.24) is 10.2 Å². The lowest BCUT2D eigenvalue weighted by Gasteiger charge is -2.38. The Balaban J connectivity index is 1.48. The number of rotatable bonds is 1. The topological polar surface area (TPSA) is 32.3 Å². The maximum absolute atomic E-state index is 13.3. The predicted molar refractivity (Wildman–Crippen MR) is 92.2 cm³/mol. The van der Waals surface area contributed by atoms with Crippen LogP contribution in [0.3, 0.4) is 0 Å². The molecular formula is C20H28N2O. The van der Waals surface area contributed by atoms with E-state index in [9.17, 15) is 4.79 Å². The molecule has 2 saturated heterocycles. The van der Waals surface area contributed by atoms with Gasteiger partial charge in [0, 0.05) is 13.1 Å². The summed E-state index contributed by atoms with van der Waals surface area (Å²) in [5, 5.41) is 3.51. The van der Waals surface area contributed by atoms with Crippen molar-refractivity contribution in [3.05, 3.63) is 35.4 Å². The Bertz CT molecular complexity index is 585. The lowest BCUT2D eigenvalue weighted by molar-refractivity contribution is -0.142. The average molecular weight is 312 g/mol. The fourth-order valence-electron chi connectivity index (χ4n) is 4.88. The smallest absolute Gasteiger partial charge is 0.228 e. The van der Waals surface area contributed by atoms with Gasteiger partial charge in [-0.05, 0) is 68.2 Å². The third kappa shape index (κ3) is 2.80. The molecule has 0 bridgehead atoms. The molecule has 124 valence electrons. The lowest BCUT2D eigenvalue weighted by atomic mass is 9.72. The number of nitrogens with one attached hydrogen (secondary N) is 1. The summed E-state index contributed by atoms with van der Waals surface area (Å²) in [5.74, 6) is 1.97. The van der Waals surface area contributed by atoms with Gasteiger partial charge in [0.25, 0.3) is 0 Å². The highest BCUT2D eigenvalue weighted by Gasteiger charge is 2.41. The molecule has 1 aliphatic carbocycles. The number of benzene rings is 1. The first-order chi connectivity index (χ1) is 11.2. The van der Waals surface area contributed by atoms with Crippen molar-refractivity contribution < 1.29 is 4.79 Å². The number of carbonyl (C=O) groups excluding carboxylic acids is 1. The molecule has 0 radical (unpaired) electrons. The molecule has 0 aromatic heterocycles. The van der Waals surface area contributed by atoms with E-state index in [-0.39, 0.29) is 5.41 Å². The van der Waals surface area contributed by atoms with E-state index in [4.69, 9.17) is 0 Å². The molecule has 3 atom stereocenters. The molecule has 2 aliphatic heterocycles. The van der Waals surface area contributed by atoms with E-state index in [0.29, 0.717) is 5.91 Å². The van der Waals surface area contributed by atoms with Crippen LogP contribution in [0.1, 0.15) is 37.3 Å². The summed E-state index contributed by atoms with van der Waals surface area (Å²) >= 11 is 0. The molecule has 1 N–H and O–H groups in total. The van der Waals surface area contributed by atoms with Crippen molar-refractivity contribution in [3.8, 4) is 0 Å². The highest BCUT2D eigenvalue weighted by molar-refractivity contribution is 5.83. The van der Waals surface area contributed by atoms with Crippen LogP contribution >= 0.6 is 0 Å². The van der Waals surface area contributed by atoms with Crippen LogP contribution in [0.25, 0.3) is 0 Å². The maximum atomic E-state index is 13.3. The van der Waals surface area contributed by atoms with Gasteiger partial charge in [-0.1, -0.05) is 31.2 Å². The number of hydrogen-bond acceptors (Lipinski definition) is 2. The minimum Gasteiger partial charge on any atom is -0.342 e. The summed E-state index contributed by atoms with van der Waals surface area (Å²) in [6.45, 7) is 6.41. The number of amides is 1. The first kappa shape index (κ1) is 15.2. The fraction of sp³-hybridized carbons (Fsp3) is 0.650. The zero-order valence-corrected chi connectivity index (χ0v) is 14.2. The highest BCUT2D eigenvalue weighted by atomic mass is 16.2. The molecule has 2 heterocycles. The summed E-state index contributed by atoms with van der Waals surface area (Å²) < 4.78 is 0.